The molecule has 0 fully saturated rings. The maximum absolute atomic E-state index is 11.9. The Morgan fingerprint density at radius 1 is 1.16 bits per heavy atom. The number of ketones is 1. The fourth-order valence-electron chi connectivity index (χ4n) is 1.85. The maximum atomic E-state index is 11.9. The van der Waals surface area contributed by atoms with E-state index in [1.807, 2.05) is 20.8 Å². The van der Waals surface area contributed by atoms with Crippen molar-refractivity contribution in [3.8, 4) is 5.75 Å². The van der Waals surface area contributed by atoms with Gasteiger partial charge in [-0.25, -0.2) is 0 Å². The molecule has 0 amide bonds. The van der Waals surface area contributed by atoms with Crippen LogP contribution in [0.1, 0.15) is 56.0 Å². The predicted molar refractivity (Wildman–Crippen MR) is 72.6 cm³/mol. The second kappa shape index (κ2) is 5.87. The van der Waals surface area contributed by atoms with Gasteiger partial charge >= 0.3 is 5.97 Å². The molecule has 0 radical (unpaired) electrons. The molecule has 1 aromatic carbocycles. The molecule has 0 bridgehead atoms. The average Bonchev–Trinajstić information content (AvgIpc) is 2.27. The van der Waals surface area contributed by atoms with Gasteiger partial charge in [0.15, 0.2) is 5.78 Å². The van der Waals surface area contributed by atoms with Crippen LogP contribution in [0.2, 0.25) is 0 Å². The lowest BCUT2D eigenvalue weighted by molar-refractivity contribution is -0.137. The molecule has 0 aromatic heterocycles. The van der Waals surface area contributed by atoms with Gasteiger partial charge in [0.1, 0.15) is 5.75 Å². The molecule has 104 valence electrons. The van der Waals surface area contributed by atoms with Crippen LogP contribution < -0.4 is 0 Å². The van der Waals surface area contributed by atoms with Crippen molar-refractivity contribution in [2.75, 3.05) is 0 Å². The van der Waals surface area contributed by atoms with Crippen LogP contribution in [0.15, 0.2) is 18.2 Å². The Hall–Kier alpha value is -1.84. The number of aromatic hydroxyl groups is 1. The van der Waals surface area contributed by atoms with E-state index in [2.05, 4.69) is 0 Å². The number of carbonyl (C=O) groups excluding carboxylic acids is 1. The van der Waals surface area contributed by atoms with Crippen LogP contribution >= 0.6 is 0 Å². The highest BCUT2D eigenvalue weighted by Gasteiger charge is 2.19. The number of carbonyl (C=O) groups is 2. The monoisotopic (exact) mass is 264 g/mol. The van der Waals surface area contributed by atoms with E-state index in [4.69, 9.17) is 5.11 Å². The van der Waals surface area contributed by atoms with Crippen molar-refractivity contribution in [3.05, 3.63) is 29.3 Å². The summed E-state index contributed by atoms with van der Waals surface area (Å²) in [5.74, 6) is -0.810. The fraction of sp³-hybridized carbons (Fsp3) is 0.467. The molecule has 2 N–H and O–H groups in total. The summed E-state index contributed by atoms with van der Waals surface area (Å²) in [4.78, 5) is 22.3. The molecule has 0 aliphatic heterocycles. The Morgan fingerprint density at radius 2 is 1.79 bits per heavy atom. The van der Waals surface area contributed by atoms with E-state index >= 15 is 0 Å². The van der Waals surface area contributed by atoms with Crippen molar-refractivity contribution in [2.24, 2.45) is 0 Å². The molecular formula is C15H20O4. The molecule has 1 aromatic rings. The van der Waals surface area contributed by atoms with Crippen molar-refractivity contribution >= 4 is 11.8 Å². The first-order valence-electron chi connectivity index (χ1n) is 6.30. The number of phenols is 1. The zero-order chi connectivity index (χ0) is 14.6. The standard InChI is InChI=1S/C15H20O4/c1-15(2,3)11-9-10(7-8-13(11)17)12(16)5-4-6-14(18)19/h7-9,17H,4-6H2,1-3H3,(H,18,19). The van der Waals surface area contributed by atoms with Crippen molar-refractivity contribution in [1.82, 2.24) is 0 Å². The largest absolute Gasteiger partial charge is 0.508 e. The quantitative estimate of drug-likeness (QED) is 0.801. The third kappa shape index (κ3) is 4.39. The van der Waals surface area contributed by atoms with Gasteiger partial charge in [0.25, 0.3) is 0 Å². The van der Waals surface area contributed by atoms with Gasteiger partial charge < -0.3 is 10.2 Å². The molecule has 0 saturated carbocycles. The van der Waals surface area contributed by atoms with Crippen LogP contribution in [0.3, 0.4) is 0 Å². The van der Waals surface area contributed by atoms with Gasteiger partial charge in [0, 0.05) is 18.4 Å². The minimum absolute atomic E-state index is 0.00402. The molecule has 1 rings (SSSR count). The second-order valence-corrected chi connectivity index (χ2v) is 5.65. The molecule has 0 unspecified atom stereocenters. The fourth-order valence-corrected chi connectivity index (χ4v) is 1.85. The van der Waals surface area contributed by atoms with E-state index in [-0.39, 0.29) is 29.8 Å². The van der Waals surface area contributed by atoms with Gasteiger partial charge in [-0.05, 0) is 35.6 Å². The molecule has 0 heterocycles. The first-order chi connectivity index (χ1) is 8.71. The third-order valence-corrected chi connectivity index (χ3v) is 2.92. The Balaban J connectivity index is 2.84. The number of Topliss-reactive ketones (excluding diaryl/α,β-unsaturated/α-hetero) is 1. The summed E-state index contributed by atoms with van der Waals surface area (Å²) >= 11 is 0. The molecule has 0 saturated heterocycles. The number of carboxylic acids is 1. The molecule has 0 atom stereocenters. The molecule has 19 heavy (non-hydrogen) atoms. The summed E-state index contributed by atoms with van der Waals surface area (Å²) in [6, 6.07) is 4.79. The zero-order valence-electron chi connectivity index (χ0n) is 11.6. The Bertz CT molecular complexity index is 483. The Kier molecular flexibility index (Phi) is 4.70. The van der Waals surface area contributed by atoms with Crippen molar-refractivity contribution in [2.45, 2.75) is 45.4 Å². The number of aliphatic carboxylic acids is 1. The third-order valence-electron chi connectivity index (χ3n) is 2.92. The highest BCUT2D eigenvalue weighted by molar-refractivity contribution is 5.96. The van der Waals surface area contributed by atoms with Crippen molar-refractivity contribution in [1.29, 1.82) is 0 Å². The first kappa shape index (κ1) is 15.2. The van der Waals surface area contributed by atoms with Gasteiger partial charge in [0.2, 0.25) is 0 Å². The summed E-state index contributed by atoms with van der Waals surface area (Å²) in [5, 5.41) is 18.4. The van der Waals surface area contributed by atoms with Gasteiger partial charge in [-0.3, -0.25) is 9.59 Å². The summed E-state index contributed by atoms with van der Waals surface area (Å²) in [6.45, 7) is 5.88. The molecule has 0 spiro atoms. The van der Waals surface area contributed by atoms with Gasteiger partial charge in [-0.2, -0.15) is 0 Å². The molecular weight excluding hydrogens is 244 g/mol. The first-order valence-corrected chi connectivity index (χ1v) is 6.30. The van der Waals surface area contributed by atoms with Crippen molar-refractivity contribution in [3.63, 3.8) is 0 Å². The van der Waals surface area contributed by atoms with Crippen LogP contribution in [-0.2, 0) is 10.2 Å². The van der Waals surface area contributed by atoms with Crippen LogP contribution in [0, 0.1) is 0 Å². The highest BCUT2D eigenvalue weighted by atomic mass is 16.4. The summed E-state index contributed by atoms with van der Waals surface area (Å²) in [6.07, 6.45) is 0.538. The number of carboxylic acid groups (broad SMARTS) is 1. The molecule has 4 heteroatoms. The maximum Gasteiger partial charge on any atom is 0.303 e. The molecule has 0 aliphatic carbocycles. The lowest BCUT2D eigenvalue weighted by atomic mass is 9.85. The SMILES string of the molecule is CC(C)(C)c1cc(C(=O)CCCC(=O)O)ccc1O. The second-order valence-electron chi connectivity index (χ2n) is 5.65. The smallest absolute Gasteiger partial charge is 0.303 e. The number of benzene rings is 1. The summed E-state index contributed by atoms with van der Waals surface area (Å²) in [7, 11) is 0. The molecule has 4 nitrogen and oxygen atoms in total. The Morgan fingerprint density at radius 3 is 2.32 bits per heavy atom. The van der Waals surface area contributed by atoms with Crippen LogP contribution in [0.25, 0.3) is 0 Å². The minimum atomic E-state index is -0.895. The van der Waals surface area contributed by atoms with E-state index < -0.39 is 5.97 Å². The van der Waals surface area contributed by atoms with E-state index in [0.29, 0.717) is 12.0 Å². The number of rotatable bonds is 5. The molecule has 0 aliphatic rings. The van der Waals surface area contributed by atoms with E-state index in [9.17, 15) is 14.7 Å². The van der Waals surface area contributed by atoms with Gasteiger partial charge in [-0.1, -0.05) is 20.8 Å². The number of phenolic OH excluding ortho intramolecular Hbond substituents is 1. The zero-order valence-corrected chi connectivity index (χ0v) is 11.6. The lowest BCUT2D eigenvalue weighted by Crippen LogP contribution is -2.13. The highest BCUT2D eigenvalue weighted by Crippen LogP contribution is 2.31. The van der Waals surface area contributed by atoms with Crippen LogP contribution in [0.4, 0.5) is 0 Å². The van der Waals surface area contributed by atoms with Crippen LogP contribution in [0.5, 0.6) is 5.75 Å². The average molecular weight is 264 g/mol. The van der Waals surface area contributed by atoms with Crippen LogP contribution in [-0.4, -0.2) is 22.0 Å². The normalized spacial score (nSPS) is 11.3. The summed E-state index contributed by atoms with van der Waals surface area (Å²) < 4.78 is 0. The topological polar surface area (TPSA) is 74.6 Å². The lowest BCUT2D eigenvalue weighted by Gasteiger charge is -2.21. The van der Waals surface area contributed by atoms with Gasteiger partial charge in [0.05, 0.1) is 0 Å². The van der Waals surface area contributed by atoms with Gasteiger partial charge in [-0.15, -0.1) is 0 Å². The van der Waals surface area contributed by atoms with E-state index in [0.717, 1.165) is 5.56 Å². The van der Waals surface area contributed by atoms with Crippen molar-refractivity contribution < 1.29 is 19.8 Å². The Labute approximate surface area is 113 Å². The van der Waals surface area contributed by atoms with E-state index in [1.165, 1.54) is 6.07 Å². The number of hydrogen-bond acceptors (Lipinski definition) is 3. The number of hydrogen-bond donors (Lipinski definition) is 2. The predicted octanol–water partition coefficient (Wildman–Crippen LogP) is 3.13. The summed E-state index contributed by atoms with van der Waals surface area (Å²) in [5.41, 5.74) is 0.992. The minimum Gasteiger partial charge on any atom is -0.508 e. The van der Waals surface area contributed by atoms with E-state index in [1.54, 1.807) is 12.1 Å².